The summed E-state index contributed by atoms with van der Waals surface area (Å²) in [5, 5.41) is 17.0. The van der Waals surface area contributed by atoms with Crippen LogP contribution in [-0.4, -0.2) is 43.3 Å². The van der Waals surface area contributed by atoms with E-state index in [-0.39, 0.29) is 36.5 Å². The molecule has 0 saturated heterocycles. The van der Waals surface area contributed by atoms with Gasteiger partial charge in [0.1, 0.15) is 17.1 Å². The number of aliphatic hydroxyl groups is 1. The Morgan fingerprint density at radius 3 is 2.54 bits per heavy atom. The van der Waals surface area contributed by atoms with Crippen molar-refractivity contribution in [2.45, 2.75) is 65.4 Å². The molecule has 1 aromatic heterocycles. The fourth-order valence-corrected chi connectivity index (χ4v) is 2.56. The standard InChI is InChI=1S/C20H35N3O4.HI/c1-5-21-19(22-14-10-8-7-9-11-18(24)26-6-2)23-15-20(4,25)17-13-12-16(3)27-17;/h12-13,25H,5-11,14-15H2,1-4H3,(H2,21,22,23);1H. The lowest BCUT2D eigenvalue weighted by molar-refractivity contribution is -0.143. The van der Waals surface area contributed by atoms with Gasteiger partial charge in [-0.25, -0.2) is 4.99 Å². The van der Waals surface area contributed by atoms with E-state index >= 15 is 0 Å². The quantitative estimate of drug-likeness (QED) is 0.131. The van der Waals surface area contributed by atoms with Crippen LogP contribution in [0.4, 0.5) is 0 Å². The highest BCUT2D eigenvalue weighted by Gasteiger charge is 2.26. The summed E-state index contributed by atoms with van der Waals surface area (Å²) in [5.41, 5.74) is -1.15. The lowest BCUT2D eigenvalue weighted by Gasteiger charge is -2.19. The van der Waals surface area contributed by atoms with Crippen LogP contribution in [0.1, 0.15) is 64.4 Å². The Bertz CT molecular complexity index is 588. The van der Waals surface area contributed by atoms with Crippen LogP contribution in [0.25, 0.3) is 0 Å². The number of unbranched alkanes of at least 4 members (excludes halogenated alkanes) is 3. The molecule has 0 bridgehead atoms. The summed E-state index contributed by atoms with van der Waals surface area (Å²) >= 11 is 0. The SMILES string of the molecule is CCNC(=NCC(C)(O)c1ccc(C)o1)NCCCCCCC(=O)OCC.I. The molecule has 1 atom stereocenters. The molecule has 0 amide bonds. The van der Waals surface area contributed by atoms with Crippen LogP contribution in [-0.2, 0) is 15.1 Å². The summed E-state index contributed by atoms with van der Waals surface area (Å²) in [6.07, 6.45) is 4.38. The van der Waals surface area contributed by atoms with Crippen molar-refractivity contribution in [1.82, 2.24) is 10.6 Å². The van der Waals surface area contributed by atoms with Gasteiger partial charge in [-0.15, -0.1) is 24.0 Å². The maximum atomic E-state index is 11.3. The van der Waals surface area contributed by atoms with E-state index < -0.39 is 5.60 Å². The number of rotatable bonds is 12. The number of hydrogen-bond donors (Lipinski definition) is 3. The Morgan fingerprint density at radius 2 is 1.93 bits per heavy atom. The van der Waals surface area contributed by atoms with Gasteiger partial charge in [0.2, 0.25) is 0 Å². The minimum atomic E-state index is -1.15. The maximum Gasteiger partial charge on any atom is 0.305 e. The van der Waals surface area contributed by atoms with Gasteiger partial charge in [0.15, 0.2) is 5.96 Å². The van der Waals surface area contributed by atoms with Crippen LogP contribution >= 0.6 is 24.0 Å². The highest BCUT2D eigenvalue weighted by molar-refractivity contribution is 14.0. The smallest absolute Gasteiger partial charge is 0.305 e. The molecule has 0 fully saturated rings. The van der Waals surface area contributed by atoms with Crippen LogP contribution in [0.2, 0.25) is 0 Å². The van der Waals surface area contributed by atoms with Crippen LogP contribution in [0.15, 0.2) is 21.5 Å². The van der Waals surface area contributed by atoms with E-state index in [0.717, 1.165) is 44.5 Å². The summed E-state index contributed by atoms with van der Waals surface area (Å²) < 4.78 is 10.4. The van der Waals surface area contributed by atoms with E-state index in [1.165, 1.54) is 0 Å². The summed E-state index contributed by atoms with van der Waals surface area (Å²) in [5.74, 6) is 1.84. The monoisotopic (exact) mass is 509 g/mol. The first-order chi connectivity index (χ1) is 12.9. The van der Waals surface area contributed by atoms with Gasteiger partial charge in [0.25, 0.3) is 0 Å². The predicted molar refractivity (Wildman–Crippen MR) is 122 cm³/mol. The van der Waals surface area contributed by atoms with Crippen molar-refractivity contribution in [3.05, 3.63) is 23.7 Å². The summed E-state index contributed by atoms with van der Waals surface area (Å²) in [6, 6.07) is 3.61. The van der Waals surface area contributed by atoms with Gasteiger partial charge in [-0.3, -0.25) is 4.79 Å². The third-order valence-corrected chi connectivity index (χ3v) is 4.07. The van der Waals surface area contributed by atoms with Crippen molar-refractivity contribution in [3.8, 4) is 0 Å². The molecule has 0 aliphatic carbocycles. The van der Waals surface area contributed by atoms with Crippen molar-refractivity contribution in [2.75, 3.05) is 26.2 Å². The number of nitrogens with zero attached hydrogens (tertiary/aromatic N) is 1. The molecular formula is C20H36IN3O4. The largest absolute Gasteiger partial charge is 0.466 e. The molecule has 0 aliphatic rings. The van der Waals surface area contributed by atoms with Gasteiger partial charge < -0.3 is 24.9 Å². The average Bonchev–Trinajstić information content (AvgIpc) is 3.06. The van der Waals surface area contributed by atoms with Crippen molar-refractivity contribution in [3.63, 3.8) is 0 Å². The Labute approximate surface area is 185 Å². The number of carbonyl (C=O) groups excluding carboxylic acids is 1. The molecule has 162 valence electrons. The lowest BCUT2D eigenvalue weighted by Crippen LogP contribution is -2.39. The van der Waals surface area contributed by atoms with Gasteiger partial charge in [0.05, 0.1) is 13.2 Å². The number of aryl methyl sites for hydroxylation is 1. The second-order valence-electron chi connectivity index (χ2n) is 6.78. The van der Waals surface area contributed by atoms with E-state index in [4.69, 9.17) is 9.15 Å². The number of carbonyl (C=O) groups is 1. The molecule has 0 aromatic carbocycles. The van der Waals surface area contributed by atoms with Gasteiger partial charge in [-0.2, -0.15) is 0 Å². The van der Waals surface area contributed by atoms with Gasteiger partial charge in [-0.05, 0) is 52.7 Å². The number of hydrogen-bond acceptors (Lipinski definition) is 5. The first-order valence-electron chi connectivity index (χ1n) is 9.86. The van der Waals surface area contributed by atoms with E-state index in [1.54, 1.807) is 13.0 Å². The number of halogens is 1. The number of ether oxygens (including phenoxy) is 1. The molecule has 0 spiro atoms. The highest BCUT2D eigenvalue weighted by Crippen LogP contribution is 2.23. The Kier molecular flexibility index (Phi) is 14.0. The Balaban J connectivity index is 0.00000729. The van der Waals surface area contributed by atoms with E-state index in [9.17, 15) is 9.90 Å². The van der Waals surface area contributed by atoms with Crippen molar-refractivity contribution < 1.29 is 19.1 Å². The number of guanidine groups is 1. The summed E-state index contributed by atoms with van der Waals surface area (Å²) in [6.45, 7) is 9.54. The van der Waals surface area contributed by atoms with Gasteiger partial charge in [-0.1, -0.05) is 12.8 Å². The highest BCUT2D eigenvalue weighted by atomic mass is 127. The molecule has 1 aromatic rings. The molecule has 7 nitrogen and oxygen atoms in total. The zero-order chi connectivity index (χ0) is 20.1. The number of aliphatic imine (C=N–C) groups is 1. The van der Waals surface area contributed by atoms with Crippen molar-refractivity contribution >= 4 is 35.9 Å². The van der Waals surface area contributed by atoms with Crippen molar-refractivity contribution in [1.29, 1.82) is 0 Å². The third kappa shape index (κ3) is 10.9. The van der Waals surface area contributed by atoms with Gasteiger partial charge >= 0.3 is 5.97 Å². The molecular weight excluding hydrogens is 473 g/mol. The van der Waals surface area contributed by atoms with Gasteiger partial charge in [0, 0.05) is 19.5 Å². The Hall–Kier alpha value is -1.29. The minimum absolute atomic E-state index is 0. The molecule has 3 N–H and O–H groups in total. The van der Waals surface area contributed by atoms with E-state index in [2.05, 4.69) is 15.6 Å². The zero-order valence-corrected chi connectivity index (χ0v) is 19.9. The normalized spacial score (nSPS) is 13.4. The predicted octanol–water partition coefficient (Wildman–Crippen LogP) is 3.48. The topological polar surface area (TPSA) is 96.1 Å². The molecule has 0 saturated carbocycles. The van der Waals surface area contributed by atoms with Crippen molar-refractivity contribution in [2.24, 2.45) is 4.99 Å². The number of nitrogens with one attached hydrogen (secondary N) is 2. The molecule has 1 rings (SSSR count). The first-order valence-corrected chi connectivity index (χ1v) is 9.86. The molecule has 1 unspecified atom stereocenters. The fourth-order valence-electron chi connectivity index (χ4n) is 2.56. The first kappa shape index (κ1) is 26.7. The molecule has 0 radical (unpaired) electrons. The molecule has 1 heterocycles. The Morgan fingerprint density at radius 1 is 1.21 bits per heavy atom. The average molecular weight is 509 g/mol. The molecule has 8 heteroatoms. The molecule has 0 aliphatic heterocycles. The summed E-state index contributed by atoms with van der Waals surface area (Å²) in [7, 11) is 0. The minimum Gasteiger partial charge on any atom is -0.466 e. The number of furan rings is 1. The second-order valence-corrected chi connectivity index (χ2v) is 6.78. The van der Waals surface area contributed by atoms with E-state index in [0.29, 0.717) is 24.7 Å². The van der Waals surface area contributed by atoms with Crippen LogP contribution in [0, 0.1) is 6.92 Å². The third-order valence-electron chi connectivity index (χ3n) is 4.07. The lowest BCUT2D eigenvalue weighted by atomic mass is 10.0. The summed E-state index contributed by atoms with van der Waals surface area (Å²) in [4.78, 5) is 15.7. The maximum absolute atomic E-state index is 11.3. The van der Waals surface area contributed by atoms with Crippen LogP contribution < -0.4 is 10.6 Å². The van der Waals surface area contributed by atoms with E-state index in [1.807, 2.05) is 26.8 Å². The zero-order valence-electron chi connectivity index (χ0n) is 17.5. The van der Waals surface area contributed by atoms with Crippen LogP contribution in [0.5, 0.6) is 0 Å². The fraction of sp³-hybridized carbons (Fsp3) is 0.700. The molecule has 28 heavy (non-hydrogen) atoms. The second kappa shape index (κ2) is 14.7. The number of esters is 1. The van der Waals surface area contributed by atoms with Crippen LogP contribution in [0.3, 0.4) is 0 Å².